The first-order valence-electron chi connectivity index (χ1n) is 15.7. The second kappa shape index (κ2) is 14.5. The van der Waals surface area contributed by atoms with Crippen LogP contribution in [0.1, 0.15) is 75.3 Å². The van der Waals surface area contributed by atoms with Gasteiger partial charge in [0.15, 0.2) is 0 Å². The molecule has 4 heterocycles. The number of carbonyl (C=O) groups excluding carboxylic acids is 2. The lowest BCUT2D eigenvalue weighted by Gasteiger charge is -2.42. The van der Waals surface area contributed by atoms with Crippen molar-refractivity contribution in [1.29, 1.82) is 0 Å². The molecular weight excluding hydrogens is 642 g/mol. The first kappa shape index (κ1) is 33.8. The van der Waals surface area contributed by atoms with E-state index in [4.69, 9.17) is 55.9 Å². The van der Waals surface area contributed by atoms with E-state index in [0.717, 1.165) is 49.7 Å². The van der Waals surface area contributed by atoms with Crippen LogP contribution < -0.4 is 0 Å². The molecule has 4 aliphatic rings. The first-order valence-corrected chi connectivity index (χ1v) is 17.2. The summed E-state index contributed by atoms with van der Waals surface area (Å²) in [5, 5.41) is 2.20. The summed E-state index contributed by atoms with van der Waals surface area (Å²) < 4.78 is 10.7. The van der Waals surface area contributed by atoms with E-state index in [1.54, 1.807) is 0 Å². The molecule has 0 amide bonds. The van der Waals surface area contributed by atoms with Gasteiger partial charge in [0.05, 0.1) is 45.1 Å². The number of nitrogens with zero attached hydrogens (tertiary/aromatic N) is 2. The molecule has 0 aliphatic carbocycles. The Bertz CT molecular complexity index is 1260. The Morgan fingerprint density at radius 2 is 1.05 bits per heavy atom. The van der Waals surface area contributed by atoms with Gasteiger partial charge in [-0.2, -0.15) is 0 Å². The van der Waals surface area contributed by atoms with Gasteiger partial charge in [-0.3, -0.25) is 19.4 Å². The number of carbonyl (C=O) groups is 2. The van der Waals surface area contributed by atoms with E-state index in [1.165, 1.54) is 0 Å². The molecule has 8 atom stereocenters. The fourth-order valence-electron chi connectivity index (χ4n) is 8.22. The minimum atomic E-state index is -0.124. The van der Waals surface area contributed by atoms with Crippen LogP contribution in [-0.4, -0.2) is 73.2 Å². The van der Waals surface area contributed by atoms with Crippen LogP contribution in [0.25, 0.3) is 0 Å². The zero-order chi connectivity index (χ0) is 31.7. The highest BCUT2D eigenvalue weighted by molar-refractivity contribution is 6.42. The molecule has 4 fully saturated rings. The third kappa shape index (κ3) is 6.77. The van der Waals surface area contributed by atoms with Crippen molar-refractivity contribution < 1.29 is 19.1 Å². The molecule has 6 unspecified atom stereocenters. The standard InChI is InChI=1S/2C17H21Cl2NO2/c2*1-3-22-17(21)16-12(9-11-5-7-15(16)20(11)2)10-4-6-13(18)14(19)8-10/h2*4,6,8,11-12,15-16H,3,5,7,9H2,1-2H3/t2*11?,12?,15?,16-/m10/s1. The third-order valence-electron chi connectivity index (χ3n) is 10.4. The number of halogens is 4. The zero-order valence-corrected chi connectivity index (χ0v) is 28.8. The normalized spacial score (nSPS) is 31.3. The number of piperidine rings is 2. The van der Waals surface area contributed by atoms with Crippen LogP contribution in [0.4, 0.5) is 0 Å². The van der Waals surface area contributed by atoms with Gasteiger partial charge in [-0.15, -0.1) is 0 Å². The summed E-state index contributed by atoms with van der Waals surface area (Å²) in [6, 6.07) is 13.0. The zero-order valence-electron chi connectivity index (χ0n) is 25.8. The predicted octanol–water partition coefficient (Wildman–Crippen LogP) is 8.25. The van der Waals surface area contributed by atoms with E-state index < -0.39 is 0 Å². The predicted molar refractivity (Wildman–Crippen MR) is 177 cm³/mol. The molecule has 6 nitrogen and oxygen atoms in total. The molecule has 0 saturated carbocycles. The molecular formula is C34H42Cl4N2O4. The van der Waals surface area contributed by atoms with Gasteiger partial charge in [-0.25, -0.2) is 0 Å². The average Bonchev–Trinajstić information content (AvgIpc) is 3.35. The maximum absolute atomic E-state index is 12.6. The number of fused-ring (bicyclic) bond motifs is 4. The summed E-state index contributed by atoms with van der Waals surface area (Å²) in [6.45, 7) is 4.55. The van der Waals surface area contributed by atoms with Gasteiger partial charge in [0.2, 0.25) is 0 Å². The summed E-state index contributed by atoms with van der Waals surface area (Å²) in [7, 11) is 4.25. The highest BCUT2D eigenvalue weighted by Crippen LogP contribution is 2.48. The molecule has 4 saturated heterocycles. The molecule has 240 valence electrons. The molecule has 0 radical (unpaired) electrons. The number of benzene rings is 2. The van der Waals surface area contributed by atoms with Crippen molar-refractivity contribution >= 4 is 58.3 Å². The van der Waals surface area contributed by atoms with E-state index in [2.05, 4.69) is 23.9 Å². The largest absolute Gasteiger partial charge is 0.466 e. The Kier molecular flexibility index (Phi) is 11.1. The number of rotatable bonds is 6. The molecule has 0 N–H and O–H groups in total. The van der Waals surface area contributed by atoms with Gasteiger partial charge in [0, 0.05) is 36.0 Å². The fourth-order valence-corrected chi connectivity index (χ4v) is 8.84. The Morgan fingerprint density at radius 1 is 0.659 bits per heavy atom. The van der Waals surface area contributed by atoms with Crippen LogP contribution in [0.15, 0.2) is 36.4 Å². The summed E-state index contributed by atoms with van der Waals surface area (Å²) >= 11 is 24.4. The van der Waals surface area contributed by atoms with Crippen LogP contribution in [0, 0.1) is 11.8 Å². The lowest BCUT2D eigenvalue weighted by atomic mass is 9.76. The van der Waals surface area contributed by atoms with Crippen molar-refractivity contribution in [3.05, 3.63) is 67.6 Å². The Morgan fingerprint density at radius 3 is 1.39 bits per heavy atom. The quantitative estimate of drug-likeness (QED) is 0.286. The second-order valence-corrected chi connectivity index (χ2v) is 14.1. The first-order chi connectivity index (χ1) is 21.0. The Hall–Kier alpha value is -1.54. The van der Waals surface area contributed by atoms with Gasteiger partial charge in [-0.05, 0) is 102 Å². The topological polar surface area (TPSA) is 59.1 Å². The molecule has 10 heteroatoms. The van der Waals surface area contributed by atoms with Gasteiger partial charge in [0.25, 0.3) is 0 Å². The van der Waals surface area contributed by atoms with Crippen LogP contribution >= 0.6 is 46.4 Å². The summed E-state index contributed by atoms with van der Waals surface area (Å²) in [5.41, 5.74) is 2.19. The lowest BCUT2D eigenvalue weighted by molar-refractivity contribution is -0.153. The molecule has 0 spiro atoms. The molecule has 0 aromatic heterocycles. The van der Waals surface area contributed by atoms with E-state index in [-0.39, 0.29) is 47.7 Å². The second-order valence-electron chi connectivity index (χ2n) is 12.5. The van der Waals surface area contributed by atoms with Gasteiger partial charge < -0.3 is 9.47 Å². The molecule has 4 aliphatic heterocycles. The van der Waals surface area contributed by atoms with Crippen molar-refractivity contribution in [2.75, 3.05) is 27.3 Å². The van der Waals surface area contributed by atoms with Crippen LogP contribution in [0.5, 0.6) is 0 Å². The molecule has 4 bridgehead atoms. The maximum Gasteiger partial charge on any atom is 0.311 e. The van der Waals surface area contributed by atoms with Gasteiger partial charge >= 0.3 is 11.9 Å². The minimum Gasteiger partial charge on any atom is -0.466 e. The van der Waals surface area contributed by atoms with Crippen molar-refractivity contribution in [2.45, 2.75) is 88.4 Å². The van der Waals surface area contributed by atoms with Crippen molar-refractivity contribution in [3.8, 4) is 0 Å². The summed E-state index contributed by atoms with van der Waals surface area (Å²) in [6.07, 6.45) is 6.34. The number of hydrogen-bond donors (Lipinski definition) is 0. The van der Waals surface area contributed by atoms with Gasteiger partial charge in [0.1, 0.15) is 0 Å². The number of esters is 2. The van der Waals surface area contributed by atoms with Gasteiger partial charge in [-0.1, -0.05) is 58.5 Å². The third-order valence-corrected chi connectivity index (χ3v) is 11.9. The maximum atomic E-state index is 12.6. The van der Waals surface area contributed by atoms with Crippen LogP contribution in [0.3, 0.4) is 0 Å². The SMILES string of the molecule is CCOC(=O)[C@@H]1C(c2ccc(Cl)c(Cl)c2)CC2CCC1N2C.CCOC(=O)[C@H]1C(c2ccc(Cl)c(Cl)c2)CC2CCC1N2C. The van der Waals surface area contributed by atoms with Crippen molar-refractivity contribution in [3.63, 3.8) is 0 Å². The Labute approximate surface area is 281 Å². The van der Waals surface area contributed by atoms with E-state index in [9.17, 15) is 9.59 Å². The lowest BCUT2D eigenvalue weighted by Crippen LogP contribution is -2.49. The van der Waals surface area contributed by atoms with Crippen LogP contribution in [0.2, 0.25) is 20.1 Å². The van der Waals surface area contributed by atoms with Crippen molar-refractivity contribution in [1.82, 2.24) is 9.80 Å². The minimum absolute atomic E-state index is 0.0872. The number of ether oxygens (including phenoxy) is 2. The fraction of sp³-hybridized carbons (Fsp3) is 0.588. The smallest absolute Gasteiger partial charge is 0.311 e. The summed E-state index contributed by atoms with van der Waals surface area (Å²) in [4.78, 5) is 29.8. The van der Waals surface area contributed by atoms with E-state index in [1.807, 2.05) is 50.2 Å². The molecule has 2 aromatic carbocycles. The highest BCUT2D eigenvalue weighted by Gasteiger charge is 2.51. The molecule has 6 rings (SSSR count). The van der Waals surface area contributed by atoms with Crippen molar-refractivity contribution in [2.24, 2.45) is 11.8 Å². The number of hydrogen-bond acceptors (Lipinski definition) is 6. The van der Waals surface area contributed by atoms with E-state index >= 15 is 0 Å². The van der Waals surface area contributed by atoms with Crippen LogP contribution in [-0.2, 0) is 19.1 Å². The summed E-state index contributed by atoms with van der Waals surface area (Å²) in [5.74, 6) is -0.113. The Balaban J connectivity index is 0.000000175. The molecule has 2 aromatic rings. The average molecular weight is 685 g/mol. The highest BCUT2D eigenvalue weighted by atomic mass is 35.5. The monoisotopic (exact) mass is 682 g/mol. The van der Waals surface area contributed by atoms with E-state index in [0.29, 0.717) is 45.4 Å². The molecule has 44 heavy (non-hydrogen) atoms.